The molecule has 0 spiro atoms. The van der Waals surface area contributed by atoms with E-state index in [2.05, 4.69) is 5.10 Å². The van der Waals surface area contributed by atoms with E-state index in [1.807, 2.05) is 0 Å². The summed E-state index contributed by atoms with van der Waals surface area (Å²) in [5.74, 6) is -0.444. The Bertz CT molecular complexity index is 558. The fourth-order valence-electron chi connectivity index (χ4n) is 1.49. The molecule has 1 aromatic heterocycles. The maximum atomic E-state index is 11.4. The molecule has 0 unspecified atom stereocenters. The van der Waals surface area contributed by atoms with Crippen LogP contribution in [-0.4, -0.2) is 28.6 Å². The molecule has 0 saturated carbocycles. The predicted molar refractivity (Wildman–Crippen MR) is 64.9 cm³/mol. The lowest BCUT2D eigenvalue weighted by molar-refractivity contribution is 0.0519. The average molecular weight is 244 g/mol. The fraction of sp³-hybridized carbons (Fsp3) is 0.154. The molecule has 0 amide bonds. The van der Waals surface area contributed by atoms with Crippen molar-refractivity contribution < 1.29 is 14.3 Å². The molecule has 0 saturated heterocycles. The number of carbonyl (C=O) groups excluding carboxylic acids is 2. The van der Waals surface area contributed by atoms with Gasteiger partial charge in [-0.05, 0) is 37.3 Å². The largest absolute Gasteiger partial charge is 0.461 e. The van der Waals surface area contributed by atoms with Crippen LogP contribution < -0.4 is 0 Å². The summed E-state index contributed by atoms with van der Waals surface area (Å²) in [4.78, 5) is 22.0. The lowest BCUT2D eigenvalue weighted by atomic mass is 10.2. The van der Waals surface area contributed by atoms with Crippen LogP contribution in [0.1, 0.15) is 27.8 Å². The summed E-state index contributed by atoms with van der Waals surface area (Å²) >= 11 is 0. The highest BCUT2D eigenvalue weighted by Crippen LogP contribution is 2.09. The van der Waals surface area contributed by atoms with Gasteiger partial charge in [-0.15, -0.1) is 0 Å². The summed E-state index contributed by atoms with van der Waals surface area (Å²) in [6.45, 7) is 2.06. The number of carbonyl (C=O) groups is 2. The number of hydrogen-bond acceptors (Lipinski definition) is 4. The number of aldehydes is 1. The second-order valence-corrected chi connectivity index (χ2v) is 3.58. The highest BCUT2D eigenvalue weighted by molar-refractivity contribution is 5.87. The quantitative estimate of drug-likeness (QED) is 0.608. The first-order valence-corrected chi connectivity index (χ1v) is 5.53. The molecule has 0 aliphatic heterocycles. The molecule has 5 nitrogen and oxygen atoms in total. The van der Waals surface area contributed by atoms with Crippen molar-refractivity contribution in [3.63, 3.8) is 0 Å². The Hall–Kier alpha value is -2.43. The number of aromatic nitrogens is 2. The zero-order valence-corrected chi connectivity index (χ0v) is 9.87. The van der Waals surface area contributed by atoms with Gasteiger partial charge in [0.1, 0.15) is 6.29 Å². The van der Waals surface area contributed by atoms with Crippen LogP contribution in [-0.2, 0) is 4.74 Å². The van der Waals surface area contributed by atoms with Crippen LogP contribution in [0.3, 0.4) is 0 Å². The van der Waals surface area contributed by atoms with Crippen LogP contribution in [0.5, 0.6) is 0 Å². The van der Waals surface area contributed by atoms with Crippen LogP contribution in [0.15, 0.2) is 36.5 Å². The van der Waals surface area contributed by atoms with Crippen molar-refractivity contribution in [2.24, 2.45) is 0 Å². The van der Waals surface area contributed by atoms with E-state index in [0.29, 0.717) is 12.2 Å². The van der Waals surface area contributed by atoms with Crippen LogP contribution in [0.2, 0.25) is 0 Å². The predicted octanol–water partition coefficient (Wildman–Crippen LogP) is 1.86. The summed E-state index contributed by atoms with van der Waals surface area (Å²) in [7, 11) is 0. The van der Waals surface area contributed by atoms with E-state index in [9.17, 15) is 9.59 Å². The van der Waals surface area contributed by atoms with Gasteiger partial charge in [0.2, 0.25) is 0 Å². The van der Waals surface area contributed by atoms with Crippen molar-refractivity contribution in [3.05, 3.63) is 47.8 Å². The van der Waals surface area contributed by atoms with Gasteiger partial charge in [-0.3, -0.25) is 4.79 Å². The maximum Gasteiger partial charge on any atom is 0.358 e. The normalized spacial score (nSPS) is 10.1. The van der Waals surface area contributed by atoms with Gasteiger partial charge in [0, 0.05) is 11.8 Å². The monoisotopic (exact) mass is 244 g/mol. The molecule has 18 heavy (non-hydrogen) atoms. The molecule has 0 aliphatic carbocycles. The van der Waals surface area contributed by atoms with Crippen molar-refractivity contribution in [1.82, 2.24) is 9.78 Å². The second-order valence-electron chi connectivity index (χ2n) is 3.58. The fourth-order valence-corrected chi connectivity index (χ4v) is 1.49. The molecule has 2 aromatic rings. The highest BCUT2D eigenvalue weighted by Gasteiger charge is 2.10. The van der Waals surface area contributed by atoms with Gasteiger partial charge in [0.05, 0.1) is 12.3 Å². The Kier molecular flexibility index (Phi) is 3.52. The first-order valence-electron chi connectivity index (χ1n) is 5.53. The molecule has 2 rings (SSSR count). The van der Waals surface area contributed by atoms with E-state index in [-0.39, 0.29) is 5.69 Å². The smallest absolute Gasteiger partial charge is 0.358 e. The standard InChI is InChI=1S/C13H12N2O3/c1-2-18-13(17)12-7-8-15(14-12)11-5-3-10(9-16)4-6-11/h3-9H,2H2,1H3. The van der Waals surface area contributed by atoms with Crippen LogP contribution >= 0.6 is 0 Å². The summed E-state index contributed by atoms with van der Waals surface area (Å²) in [5.41, 5.74) is 1.63. The molecule has 0 atom stereocenters. The molecule has 0 aliphatic rings. The Balaban J connectivity index is 2.23. The molecule has 0 fully saturated rings. The minimum Gasteiger partial charge on any atom is -0.461 e. The van der Waals surface area contributed by atoms with E-state index >= 15 is 0 Å². The number of rotatable bonds is 4. The number of nitrogens with zero attached hydrogens (tertiary/aromatic N) is 2. The SMILES string of the molecule is CCOC(=O)c1ccn(-c2ccc(C=O)cc2)n1. The van der Waals surface area contributed by atoms with Crippen molar-refractivity contribution in [2.75, 3.05) is 6.61 Å². The molecule has 92 valence electrons. The topological polar surface area (TPSA) is 61.2 Å². The zero-order valence-electron chi connectivity index (χ0n) is 9.87. The molecular weight excluding hydrogens is 232 g/mol. The Labute approximate surface area is 104 Å². The highest BCUT2D eigenvalue weighted by atomic mass is 16.5. The summed E-state index contributed by atoms with van der Waals surface area (Å²) in [6.07, 6.45) is 2.44. The van der Waals surface area contributed by atoms with Gasteiger partial charge in [-0.1, -0.05) is 0 Å². The van der Waals surface area contributed by atoms with Crippen LogP contribution in [0.25, 0.3) is 5.69 Å². The number of hydrogen-bond donors (Lipinski definition) is 0. The molecule has 0 radical (unpaired) electrons. The van der Waals surface area contributed by atoms with Crippen molar-refractivity contribution in [3.8, 4) is 5.69 Å². The third kappa shape index (κ3) is 2.45. The summed E-state index contributed by atoms with van der Waals surface area (Å²) < 4.78 is 6.41. The van der Waals surface area contributed by atoms with Gasteiger partial charge >= 0.3 is 5.97 Å². The first-order chi connectivity index (χ1) is 8.74. The maximum absolute atomic E-state index is 11.4. The van der Waals surface area contributed by atoms with Gasteiger partial charge in [0.25, 0.3) is 0 Å². The zero-order chi connectivity index (χ0) is 13.0. The number of ether oxygens (including phenoxy) is 1. The molecule has 1 heterocycles. The van der Waals surface area contributed by atoms with Gasteiger partial charge < -0.3 is 4.74 Å². The van der Waals surface area contributed by atoms with Gasteiger partial charge in [0.15, 0.2) is 5.69 Å². The van der Waals surface area contributed by atoms with E-state index in [0.717, 1.165) is 12.0 Å². The van der Waals surface area contributed by atoms with E-state index < -0.39 is 5.97 Å². The van der Waals surface area contributed by atoms with Crippen molar-refractivity contribution >= 4 is 12.3 Å². The lowest BCUT2D eigenvalue weighted by Crippen LogP contribution is -2.06. The van der Waals surface area contributed by atoms with Gasteiger partial charge in [-0.2, -0.15) is 5.10 Å². The molecule has 5 heteroatoms. The lowest BCUT2D eigenvalue weighted by Gasteiger charge is -2.01. The second kappa shape index (κ2) is 5.27. The molecular formula is C13H12N2O3. The van der Waals surface area contributed by atoms with E-state index in [1.54, 1.807) is 48.1 Å². The average Bonchev–Trinajstić information content (AvgIpc) is 2.89. The Morgan fingerprint density at radius 1 is 1.33 bits per heavy atom. The van der Waals surface area contributed by atoms with Crippen LogP contribution in [0, 0.1) is 0 Å². The third-order valence-electron chi connectivity index (χ3n) is 2.37. The van der Waals surface area contributed by atoms with Crippen LogP contribution in [0.4, 0.5) is 0 Å². The molecule has 0 N–H and O–H groups in total. The third-order valence-corrected chi connectivity index (χ3v) is 2.37. The summed E-state index contributed by atoms with van der Waals surface area (Å²) in [5, 5.41) is 4.11. The number of esters is 1. The van der Waals surface area contributed by atoms with E-state index in [1.165, 1.54) is 0 Å². The van der Waals surface area contributed by atoms with Gasteiger partial charge in [-0.25, -0.2) is 9.48 Å². The van der Waals surface area contributed by atoms with E-state index in [4.69, 9.17) is 4.74 Å². The van der Waals surface area contributed by atoms with Crippen molar-refractivity contribution in [2.45, 2.75) is 6.92 Å². The Morgan fingerprint density at radius 2 is 2.06 bits per heavy atom. The Morgan fingerprint density at radius 3 is 2.67 bits per heavy atom. The minimum absolute atomic E-state index is 0.260. The first kappa shape index (κ1) is 12.0. The summed E-state index contributed by atoms with van der Waals surface area (Å²) in [6, 6.07) is 8.48. The number of benzene rings is 1. The minimum atomic E-state index is -0.444. The molecule has 1 aromatic carbocycles. The van der Waals surface area contributed by atoms with Crippen molar-refractivity contribution in [1.29, 1.82) is 0 Å². The molecule has 0 bridgehead atoms.